The molecule has 6 nitrogen and oxygen atoms in total. The van der Waals surface area contributed by atoms with Crippen LogP contribution in [0.2, 0.25) is 0 Å². The van der Waals surface area contributed by atoms with Crippen molar-refractivity contribution in [3.8, 4) is 6.07 Å². The molecule has 2 fully saturated rings. The topological polar surface area (TPSA) is 71.7 Å². The average molecular weight is 436 g/mol. The molecule has 32 heavy (non-hydrogen) atoms. The first-order valence-corrected chi connectivity index (χ1v) is 11.9. The van der Waals surface area contributed by atoms with Gasteiger partial charge in [0.2, 0.25) is 5.91 Å². The van der Waals surface area contributed by atoms with Gasteiger partial charge in [0.1, 0.15) is 6.07 Å². The van der Waals surface area contributed by atoms with Crippen molar-refractivity contribution in [2.45, 2.75) is 65.0 Å². The number of hydrogen-bond acceptors (Lipinski definition) is 5. The molecule has 2 aliphatic rings. The van der Waals surface area contributed by atoms with Crippen molar-refractivity contribution < 1.29 is 4.79 Å². The number of nitrogens with one attached hydrogen (secondary N) is 1. The second-order valence-electron chi connectivity index (χ2n) is 9.08. The van der Waals surface area contributed by atoms with E-state index in [0.717, 1.165) is 50.3 Å². The van der Waals surface area contributed by atoms with Gasteiger partial charge in [-0.15, -0.1) is 0 Å². The fourth-order valence-electron chi connectivity index (χ4n) is 5.22. The van der Waals surface area contributed by atoms with Gasteiger partial charge in [0.05, 0.1) is 11.3 Å². The second-order valence-corrected chi connectivity index (χ2v) is 9.08. The van der Waals surface area contributed by atoms with Crippen molar-refractivity contribution in [3.63, 3.8) is 0 Å². The van der Waals surface area contributed by atoms with E-state index in [-0.39, 0.29) is 11.8 Å². The smallest absolute Gasteiger partial charge is 0.223 e. The number of aliphatic imine (C=N–C) groups is 1. The van der Waals surface area contributed by atoms with E-state index >= 15 is 0 Å². The van der Waals surface area contributed by atoms with E-state index in [1.165, 1.54) is 19.3 Å². The van der Waals surface area contributed by atoms with Crippen LogP contribution in [0.5, 0.6) is 0 Å². The Hall–Kier alpha value is -2.65. The largest absolute Gasteiger partial charge is 0.371 e. The van der Waals surface area contributed by atoms with E-state index in [2.05, 4.69) is 46.7 Å². The SMILES string of the molecule is C=Nc1c(C#N)ccc(N2CCC(C(=O)NCCN3C(C)CCCC3C)CC2)c1/C=C\C. The minimum Gasteiger partial charge on any atom is -0.371 e. The van der Waals surface area contributed by atoms with Gasteiger partial charge in [-0.2, -0.15) is 5.26 Å². The highest BCUT2D eigenvalue weighted by atomic mass is 16.1. The summed E-state index contributed by atoms with van der Waals surface area (Å²) >= 11 is 0. The maximum atomic E-state index is 12.8. The lowest BCUT2D eigenvalue weighted by Crippen LogP contribution is -2.48. The maximum Gasteiger partial charge on any atom is 0.223 e. The molecule has 2 aliphatic heterocycles. The summed E-state index contributed by atoms with van der Waals surface area (Å²) in [6.45, 7) is 13.5. The molecular weight excluding hydrogens is 398 g/mol. The molecule has 1 amide bonds. The number of piperidine rings is 2. The van der Waals surface area contributed by atoms with Crippen molar-refractivity contribution in [2.75, 3.05) is 31.1 Å². The van der Waals surface area contributed by atoms with E-state index in [4.69, 9.17) is 0 Å². The first-order valence-electron chi connectivity index (χ1n) is 11.9. The highest BCUT2D eigenvalue weighted by Crippen LogP contribution is 2.36. The predicted octanol–water partition coefficient (Wildman–Crippen LogP) is 4.52. The molecule has 2 atom stereocenters. The van der Waals surface area contributed by atoms with Gasteiger partial charge in [0, 0.05) is 55.4 Å². The first-order chi connectivity index (χ1) is 15.5. The van der Waals surface area contributed by atoms with Gasteiger partial charge in [-0.3, -0.25) is 14.7 Å². The molecule has 3 rings (SSSR count). The zero-order valence-electron chi connectivity index (χ0n) is 19.8. The van der Waals surface area contributed by atoms with Crippen LogP contribution < -0.4 is 10.2 Å². The van der Waals surface area contributed by atoms with Gasteiger partial charge in [0.25, 0.3) is 0 Å². The molecule has 6 heteroatoms. The molecule has 0 aliphatic carbocycles. The minimum absolute atomic E-state index is 0.0583. The van der Waals surface area contributed by atoms with Gasteiger partial charge in [-0.1, -0.05) is 18.6 Å². The number of nitriles is 1. The maximum absolute atomic E-state index is 12.8. The lowest BCUT2D eigenvalue weighted by Gasteiger charge is -2.39. The van der Waals surface area contributed by atoms with Crippen LogP contribution in [-0.2, 0) is 4.79 Å². The van der Waals surface area contributed by atoms with Crippen molar-refractivity contribution in [3.05, 3.63) is 29.3 Å². The van der Waals surface area contributed by atoms with Crippen LogP contribution in [0, 0.1) is 17.2 Å². The summed E-state index contributed by atoms with van der Waals surface area (Å²) in [6, 6.07) is 7.22. The zero-order chi connectivity index (χ0) is 23.1. The monoisotopic (exact) mass is 435 g/mol. The molecule has 172 valence electrons. The first kappa shape index (κ1) is 24.0. The third kappa shape index (κ3) is 5.39. The number of carbonyl (C=O) groups is 1. The van der Waals surface area contributed by atoms with Gasteiger partial charge < -0.3 is 10.2 Å². The molecule has 0 radical (unpaired) electrons. The van der Waals surface area contributed by atoms with E-state index in [1.54, 1.807) is 0 Å². The summed E-state index contributed by atoms with van der Waals surface area (Å²) in [4.78, 5) is 21.7. The van der Waals surface area contributed by atoms with Gasteiger partial charge in [-0.05, 0) is 65.3 Å². The number of hydrogen-bond donors (Lipinski definition) is 1. The highest BCUT2D eigenvalue weighted by molar-refractivity contribution is 5.82. The van der Waals surface area contributed by atoms with E-state index < -0.39 is 0 Å². The van der Waals surface area contributed by atoms with Crippen molar-refractivity contribution in [2.24, 2.45) is 10.9 Å². The Balaban J connectivity index is 1.56. The van der Waals surface area contributed by atoms with Crippen LogP contribution in [-0.4, -0.2) is 55.8 Å². The fraction of sp³-hybridized carbons (Fsp3) is 0.577. The van der Waals surface area contributed by atoms with Crippen LogP contribution in [0.25, 0.3) is 6.08 Å². The zero-order valence-corrected chi connectivity index (χ0v) is 19.8. The molecular formula is C26H37N5O. The molecule has 2 unspecified atom stereocenters. The van der Waals surface area contributed by atoms with Crippen LogP contribution in [0.15, 0.2) is 23.2 Å². The number of anilines is 1. The van der Waals surface area contributed by atoms with Gasteiger partial charge in [-0.25, -0.2) is 0 Å². The Bertz CT molecular complexity index is 869. The predicted molar refractivity (Wildman–Crippen MR) is 133 cm³/mol. The van der Waals surface area contributed by atoms with Gasteiger partial charge >= 0.3 is 0 Å². The summed E-state index contributed by atoms with van der Waals surface area (Å²) in [5.41, 5.74) is 3.14. The quantitative estimate of drug-likeness (QED) is 0.639. The van der Waals surface area contributed by atoms with E-state index in [0.29, 0.717) is 23.3 Å². The number of carbonyl (C=O) groups excluding carboxylic acids is 1. The molecule has 0 bridgehead atoms. The Morgan fingerprint density at radius 1 is 1.25 bits per heavy atom. The second kappa shape index (κ2) is 11.3. The third-order valence-electron chi connectivity index (χ3n) is 7.06. The lowest BCUT2D eigenvalue weighted by atomic mass is 9.94. The van der Waals surface area contributed by atoms with Crippen molar-refractivity contribution in [1.29, 1.82) is 5.26 Å². The summed E-state index contributed by atoms with van der Waals surface area (Å²) in [5.74, 6) is 0.243. The van der Waals surface area contributed by atoms with Crippen molar-refractivity contribution in [1.82, 2.24) is 10.2 Å². The fourth-order valence-corrected chi connectivity index (χ4v) is 5.22. The molecule has 2 saturated heterocycles. The van der Waals surface area contributed by atoms with Crippen LogP contribution >= 0.6 is 0 Å². The Morgan fingerprint density at radius 2 is 1.94 bits per heavy atom. The number of benzene rings is 1. The lowest BCUT2D eigenvalue weighted by molar-refractivity contribution is -0.125. The minimum atomic E-state index is 0.0583. The summed E-state index contributed by atoms with van der Waals surface area (Å²) in [6.07, 6.45) is 9.42. The molecule has 1 aromatic rings. The van der Waals surface area contributed by atoms with Gasteiger partial charge in [0.15, 0.2) is 0 Å². The number of amides is 1. The number of allylic oxidation sites excluding steroid dienone is 1. The number of likely N-dealkylation sites (tertiary alicyclic amines) is 1. The van der Waals surface area contributed by atoms with Crippen LogP contribution in [0.4, 0.5) is 11.4 Å². The summed E-state index contributed by atoms with van der Waals surface area (Å²) < 4.78 is 0. The molecule has 1 N–H and O–H groups in total. The van der Waals surface area contributed by atoms with E-state index in [1.807, 2.05) is 31.2 Å². The normalized spacial score (nSPS) is 22.6. The van der Waals surface area contributed by atoms with E-state index in [9.17, 15) is 10.1 Å². The molecule has 2 heterocycles. The Morgan fingerprint density at radius 3 is 2.53 bits per heavy atom. The third-order valence-corrected chi connectivity index (χ3v) is 7.06. The Labute approximate surface area is 193 Å². The Kier molecular flexibility index (Phi) is 8.46. The number of rotatable bonds is 7. The molecule has 0 saturated carbocycles. The molecule has 0 aromatic heterocycles. The standard InChI is InChI=1S/C26H37N5O/c1-5-7-23-24(11-10-22(18-27)25(23)28-4)30-15-12-21(13-16-30)26(32)29-14-17-31-19(2)8-6-9-20(31)3/h5,7,10-11,19-21H,4,6,8-9,12-17H2,1-3H3,(H,29,32)/b7-5-. The summed E-state index contributed by atoms with van der Waals surface area (Å²) in [7, 11) is 0. The highest BCUT2D eigenvalue weighted by Gasteiger charge is 2.28. The molecule has 1 aromatic carbocycles. The molecule has 0 spiro atoms. The number of nitrogens with zero attached hydrogens (tertiary/aromatic N) is 4. The van der Waals surface area contributed by atoms with Crippen molar-refractivity contribution >= 4 is 30.1 Å². The summed E-state index contributed by atoms with van der Waals surface area (Å²) in [5, 5.41) is 12.6. The van der Waals surface area contributed by atoms with Crippen LogP contribution in [0.1, 0.15) is 64.0 Å². The van der Waals surface area contributed by atoms with Crippen LogP contribution in [0.3, 0.4) is 0 Å². The average Bonchev–Trinajstić information content (AvgIpc) is 2.80.